The standard InChI is InChI=1S/C24H16ClF2NO4/c1-32-19-10-9-16(27)12-18(19)22(29)20-21(13-5-7-14(25)8-6-13)28(24(31)23(20)30)17-4-2-3-15(26)11-17/h2-12,21,29H,1H3/b22-20+. The van der Waals surface area contributed by atoms with Gasteiger partial charge >= 0.3 is 0 Å². The Morgan fingerprint density at radius 1 is 1.00 bits per heavy atom. The maximum Gasteiger partial charge on any atom is 0.300 e. The van der Waals surface area contributed by atoms with E-state index in [1.807, 2.05) is 0 Å². The molecule has 0 aromatic heterocycles. The summed E-state index contributed by atoms with van der Waals surface area (Å²) in [7, 11) is 1.33. The minimum absolute atomic E-state index is 0.0938. The lowest BCUT2D eigenvalue weighted by Gasteiger charge is -2.25. The minimum atomic E-state index is -1.11. The van der Waals surface area contributed by atoms with Crippen molar-refractivity contribution >= 4 is 34.7 Å². The van der Waals surface area contributed by atoms with Gasteiger partial charge in [0, 0.05) is 10.7 Å². The molecule has 1 heterocycles. The number of ketones is 1. The van der Waals surface area contributed by atoms with E-state index in [1.54, 1.807) is 24.3 Å². The third-order valence-corrected chi connectivity index (χ3v) is 5.39. The SMILES string of the molecule is COc1ccc(F)cc1/C(O)=C1\C(=O)C(=O)N(c2cccc(F)c2)C1c1ccc(Cl)cc1. The van der Waals surface area contributed by atoms with Gasteiger partial charge in [0.15, 0.2) is 0 Å². The van der Waals surface area contributed by atoms with E-state index in [2.05, 4.69) is 0 Å². The van der Waals surface area contributed by atoms with Crippen molar-refractivity contribution in [3.63, 3.8) is 0 Å². The Morgan fingerprint density at radius 2 is 1.69 bits per heavy atom. The lowest BCUT2D eigenvalue weighted by atomic mass is 9.95. The molecule has 1 aliphatic heterocycles. The summed E-state index contributed by atoms with van der Waals surface area (Å²) in [5.74, 6) is -3.75. The zero-order chi connectivity index (χ0) is 23.0. The highest BCUT2D eigenvalue weighted by molar-refractivity contribution is 6.51. The maximum absolute atomic E-state index is 13.9. The molecule has 0 saturated carbocycles. The van der Waals surface area contributed by atoms with Gasteiger partial charge in [0.25, 0.3) is 11.7 Å². The number of nitrogens with zero attached hydrogens (tertiary/aromatic N) is 1. The fourth-order valence-electron chi connectivity index (χ4n) is 3.70. The van der Waals surface area contributed by atoms with Gasteiger partial charge in [-0.1, -0.05) is 29.8 Å². The number of hydrogen-bond donors (Lipinski definition) is 1. The Labute approximate surface area is 187 Å². The average molecular weight is 456 g/mol. The summed E-state index contributed by atoms with van der Waals surface area (Å²) in [6, 6.07) is 13.8. The van der Waals surface area contributed by atoms with Gasteiger partial charge in [0.1, 0.15) is 23.1 Å². The van der Waals surface area contributed by atoms with Gasteiger partial charge in [-0.05, 0) is 54.1 Å². The third kappa shape index (κ3) is 3.71. The first-order chi connectivity index (χ1) is 15.3. The lowest BCUT2D eigenvalue weighted by Crippen LogP contribution is -2.29. The molecule has 8 heteroatoms. The fraction of sp³-hybridized carbons (Fsp3) is 0.0833. The van der Waals surface area contributed by atoms with Crippen LogP contribution in [0.5, 0.6) is 5.75 Å². The minimum Gasteiger partial charge on any atom is -0.507 e. The number of benzene rings is 3. The Bertz CT molecular complexity index is 1260. The van der Waals surface area contributed by atoms with Crippen LogP contribution in [0.25, 0.3) is 5.76 Å². The molecule has 1 saturated heterocycles. The number of hydrogen-bond acceptors (Lipinski definition) is 4. The number of Topliss-reactive ketones (excluding diaryl/α,β-unsaturated/α-hetero) is 1. The van der Waals surface area contributed by atoms with Crippen molar-refractivity contribution in [3.8, 4) is 5.75 Å². The first-order valence-corrected chi connectivity index (χ1v) is 9.85. The summed E-state index contributed by atoms with van der Waals surface area (Å²) >= 11 is 5.99. The smallest absolute Gasteiger partial charge is 0.300 e. The van der Waals surface area contributed by atoms with Crippen LogP contribution in [-0.2, 0) is 9.59 Å². The largest absolute Gasteiger partial charge is 0.507 e. The molecular formula is C24H16ClF2NO4. The van der Waals surface area contributed by atoms with Crippen LogP contribution >= 0.6 is 11.6 Å². The van der Waals surface area contributed by atoms with Crippen LogP contribution in [0, 0.1) is 11.6 Å². The highest BCUT2D eigenvalue weighted by Gasteiger charge is 2.47. The normalized spacial score (nSPS) is 17.6. The first-order valence-electron chi connectivity index (χ1n) is 9.47. The number of aliphatic hydroxyl groups excluding tert-OH is 1. The second-order valence-corrected chi connectivity index (χ2v) is 7.48. The number of methoxy groups -OCH3 is 1. The summed E-state index contributed by atoms with van der Waals surface area (Å²) in [5, 5.41) is 11.5. The average Bonchev–Trinajstić information content (AvgIpc) is 3.04. The van der Waals surface area contributed by atoms with Crippen LogP contribution in [0.4, 0.5) is 14.5 Å². The molecule has 1 atom stereocenters. The summed E-state index contributed by atoms with van der Waals surface area (Å²) in [4.78, 5) is 27.2. The van der Waals surface area contributed by atoms with Crippen LogP contribution in [0.15, 0.2) is 72.3 Å². The van der Waals surface area contributed by atoms with Gasteiger partial charge in [0.2, 0.25) is 0 Å². The van der Waals surface area contributed by atoms with Crippen molar-refractivity contribution in [2.24, 2.45) is 0 Å². The Morgan fingerprint density at radius 3 is 2.34 bits per heavy atom. The molecule has 0 radical (unpaired) electrons. The van der Waals surface area contributed by atoms with E-state index in [1.165, 1.54) is 31.4 Å². The Kier molecular flexibility index (Phi) is 5.67. The number of carbonyl (C=O) groups excluding carboxylic acids is 2. The highest BCUT2D eigenvalue weighted by atomic mass is 35.5. The molecule has 1 fully saturated rings. The van der Waals surface area contributed by atoms with E-state index in [0.29, 0.717) is 10.6 Å². The van der Waals surface area contributed by atoms with E-state index in [-0.39, 0.29) is 22.6 Å². The van der Waals surface area contributed by atoms with Crippen molar-refractivity contribution in [1.29, 1.82) is 0 Å². The number of amides is 1. The van der Waals surface area contributed by atoms with Gasteiger partial charge in [-0.15, -0.1) is 0 Å². The second kappa shape index (κ2) is 8.43. The van der Waals surface area contributed by atoms with E-state index < -0.39 is 35.1 Å². The van der Waals surface area contributed by atoms with Gasteiger partial charge < -0.3 is 9.84 Å². The Hall–Kier alpha value is -3.71. The van der Waals surface area contributed by atoms with Crippen LogP contribution in [0.3, 0.4) is 0 Å². The zero-order valence-corrected chi connectivity index (χ0v) is 17.4. The summed E-state index contributed by atoms with van der Waals surface area (Å²) < 4.78 is 33.1. The van der Waals surface area contributed by atoms with E-state index in [4.69, 9.17) is 16.3 Å². The quantitative estimate of drug-likeness (QED) is 0.331. The maximum atomic E-state index is 13.9. The second-order valence-electron chi connectivity index (χ2n) is 7.05. The number of anilines is 1. The number of rotatable bonds is 4. The zero-order valence-electron chi connectivity index (χ0n) is 16.7. The molecule has 1 N–H and O–H groups in total. The van der Waals surface area contributed by atoms with Gasteiger partial charge in [-0.2, -0.15) is 0 Å². The van der Waals surface area contributed by atoms with Crippen molar-refractivity contribution < 1.29 is 28.2 Å². The monoisotopic (exact) mass is 455 g/mol. The first kappa shape index (κ1) is 21.5. The molecular weight excluding hydrogens is 440 g/mol. The highest BCUT2D eigenvalue weighted by Crippen LogP contribution is 2.43. The molecule has 3 aromatic carbocycles. The van der Waals surface area contributed by atoms with Crippen molar-refractivity contribution in [1.82, 2.24) is 0 Å². The molecule has 0 spiro atoms. The number of aliphatic hydroxyl groups is 1. The fourth-order valence-corrected chi connectivity index (χ4v) is 3.82. The molecule has 0 bridgehead atoms. The van der Waals surface area contributed by atoms with Crippen LogP contribution in [0.2, 0.25) is 5.02 Å². The Balaban J connectivity index is 1.99. The van der Waals surface area contributed by atoms with E-state index >= 15 is 0 Å². The number of ether oxygens (including phenoxy) is 1. The van der Waals surface area contributed by atoms with Gasteiger partial charge in [0.05, 0.1) is 24.3 Å². The van der Waals surface area contributed by atoms with Crippen molar-refractivity contribution in [2.75, 3.05) is 12.0 Å². The van der Waals surface area contributed by atoms with Crippen molar-refractivity contribution in [3.05, 3.63) is 100 Å². The molecule has 162 valence electrons. The van der Waals surface area contributed by atoms with E-state index in [0.717, 1.165) is 23.1 Å². The molecule has 3 aromatic rings. The van der Waals surface area contributed by atoms with Crippen LogP contribution < -0.4 is 9.64 Å². The van der Waals surface area contributed by atoms with Crippen LogP contribution in [0.1, 0.15) is 17.2 Å². The molecule has 32 heavy (non-hydrogen) atoms. The number of carbonyl (C=O) groups is 2. The van der Waals surface area contributed by atoms with Gasteiger partial charge in [-0.3, -0.25) is 14.5 Å². The lowest BCUT2D eigenvalue weighted by molar-refractivity contribution is -0.132. The molecule has 1 unspecified atom stereocenters. The molecule has 1 amide bonds. The third-order valence-electron chi connectivity index (χ3n) is 5.13. The van der Waals surface area contributed by atoms with Gasteiger partial charge in [-0.25, -0.2) is 8.78 Å². The summed E-state index contributed by atoms with van der Waals surface area (Å²) in [5.41, 5.74) is 0.182. The molecule has 1 aliphatic rings. The predicted octanol–water partition coefficient (Wildman–Crippen LogP) is 5.25. The van der Waals surface area contributed by atoms with Crippen molar-refractivity contribution in [2.45, 2.75) is 6.04 Å². The number of halogens is 3. The summed E-state index contributed by atoms with van der Waals surface area (Å²) in [6.07, 6.45) is 0. The summed E-state index contributed by atoms with van der Waals surface area (Å²) in [6.45, 7) is 0. The topological polar surface area (TPSA) is 66.8 Å². The predicted molar refractivity (Wildman–Crippen MR) is 116 cm³/mol. The molecule has 5 nitrogen and oxygen atoms in total. The molecule has 4 rings (SSSR count). The van der Waals surface area contributed by atoms with E-state index in [9.17, 15) is 23.5 Å². The molecule has 0 aliphatic carbocycles. The van der Waals surface area contributed by atoms with Crippen LogP contribution in [-0.4, -0.2) is 23.9 Å².